The maximum atomic E-state index is 6.29. The first-order valence-electron chi connectivity index (χ1n) is 6.31. The van der Waals surface area contributed by atoms with Gasteiger partial charge in [0.1, 0.15) is 0 Å². The third-order valence-electron chi connectivity index (χ3n) is 2.90. The Morgan fingerprint density at radius 3 is 2.61 bits per heavy atom. The van der Waals surface area contributed by atoms with Crippen LogP contribution >= 0.6 is 11.6 Å². The molecule has 0 aliphatic heterocycles. The number of pyridine rings is 1. The summed E-state index contributed by atoms with van der Waals surface area (Å²) in [6.45, 7) is 9.08. The van der Waals surface area contributed by atoms with Gasteiger partial charge in [-0.3, -0.25) is 4.98 Å². The van der Waals surface area contributed by atoms with Crippen LogP contribution in [0.2, 0.25) is 5.02 Å². The average Bonchev–Trinajstić information content (AvgIpc) is 2.27. The summed E-state index contributed by atoms with van der Waals surface area (Å²) in [6.07, 6.45) is 4.09. The number of hydrogen-bond donors (Lipinski definition) is 1. The summed E-state index contributed by atoms with van der Waals surface area (Å²) in [6, 6.07) is 1.83. The second-order valence-corrected chi connectivity index (χ2v) is 5.98. The minimum atomic E-state index is -0.0788. The van der Waals surface area contributed by atoms with E-state index in [-0.39, 0.29) is 17.6 Å². The van der Waals surface area contributed by atoms with Gasteiger partial charge >= 0.3 is 0 Å². The smallest absolute Gasteiger partial charge is 0.0777 e. The predicted octanol–water partition coefficient (Wildman–Crippen LogP) is 3.06. The zero-order chi connectivity index (χ0) is 13.8. The average molecular weight is 271 g/mol. The van der Waals surface area contributed by atoms with Crippen LogP contribution in [0.25, 0.3) is 0 Å². The zero-order valence-corrected chi connectivity index (χ0v) is 12.4. The summed E-state index contributed by atoms with van der Waals surface area (Å²) < 4.78 is 5.80. The van der Waals surface area contributed by atoms with Crippen LogP contribution in [0, 0.1) is 5.41 Å². The second kappa shape index (κ2) is 6.50. The van der Waals surface area contributed by atoms with Gasteiger partial charge in [0.05, 0.1) is 11.1 Å². The first-order valence-corrected chi connectivity index (χ1v) is 6.69. The number of nitrogens with two attached hydrogens (primary N) is 1. The minimum Gasteiger partial charge on any atom is -0.376 e. The fraction of sp³-hybridized carbons (Fsp3) is 0.643. The largest absolute Gasteiger partial charge is 0.376 e. The standard InChI is InChI=1S/C14H23ClN2O/c1-5-18-13(14(2,3)4)12(16)8-10-6-7-17-9-11(10)15/h6-7,9,12-13H,5,8,16H2,1-4H3. The van der Waals surface area contributed by atoms with E-state index < -0.39 is 0 Å². The molecule has 1 aromatic rings. The molecule has 1 aromatic heterocycles. The van der Waals surface area contributed by atoms with Gasteiger partial charge in [0.25, 0.3) is 0 Å². The summed E-state index contributed by atoms with van der Waals surface area (Å²) in [5.41, 5.74) is 7.32. The Balaban J connectivity index is 2.79. The molecule has 0 aromatic carbocycles. The molecule has 0 bridgehead atoms. The van der Waals surface area contributed by atoms with Crippen molar-refractivity contribution in [2.75, 3.05) is 6.61 Å². The van der Waals surface area contributed by atoms with Crippen molar-refractivity contribution in [2.24, 2.45) is 11.1 Å². The maximum Gasteiger partial charge on any atom is 0.0777 e. The van der Waals surface area contributed by atoms with Crippen LogP contribution < -0.4 is 5.73 Å². The molecule has 1 heterocycles. The van der Waals surface area contributed by atoms with Crippen LogP contribution in [0.15, 0.2) is 18.5 Å². The van der Waals surface area contributed by atoms with Gasteiger partial charge in [-0.15, -0.1) is 0 Å². The van der Waals surface area contributed by atoms with E-state index in [9.17, 15) is 0 Å². The highest BCUT2D eigenvalue weighted by molar-refractivity contribution is 6.31. The maximum absolute atomic E-state index is 6.29. The first-order chi connectivity index (χ1) is 8.36. The molecule has 0 saturated heterocycles. The van der Waals surface area contributed by atoms with Gasteiger partial charge in [0.2, 0.25) is 0 Å². The van der Waals surface area contributed by atoms with E-state index in [1.165, 1.54) is 0 Å². The molecule has 102 valence electrons. The molecule has 4 heteroatoms. The zero-order valence-electron chi connectivity index (χ0n) is 11.6. The molecule has 3 nitrogen and oxygen atoms in total. The molecule has 18 heavy (non-hydrogen) atoms. The lowest BCUT2D eigenvalue weighted by Gasteiger charge is -2.35. The predicted molar refractivity (Wildman–Crippen MR) is 75.8 cm³/mol. The lowest BCUT2D eigenvalue weighted by atomic mass is 9.83. The second-order valence-electron chi connectivity index (χ2n) is 5.58. The van der Waals surface area contributed by atoms with Crippen LogP contribution in [0.5, 0.6) is 0 Å². The minimum absolute atomic E-state index is 0.00623. The monoisotopic (exact) mass is 270 g/mol. The van der Waals surface area contributed by atoms with E-state index in [2.05, 4.69) is 25.8 Å². The third-order valence-corrected chi connectivity index (χ3v) is 3.24. The van der Waals surface area contributed by atoms with Crippen LogP contribution in [-0.2, 0) is 11.2 Å². The fourth-order valence-corrected chi connectivity index (χ4v) is 2.32. The highest BCUT2D eigenvalue weighted by atomic mass is 35.5. The van der Waals surface area contributed by atoms with Gasteiger partial charge in [-0.1, -0.05) is 32.4 Å². The van der Waals surface area contributed by atoms with Crippen LogP contribution in [0.1, 0.15) is 33.3 Å². The van der Waals surface area contributed by atoms with E-state index in [1.807, 2.05) is 13.0 Å². The van der Waals surface area contributed by atoms with Gasteiger partial charge in [0, 0.05) is 25.0 Å². The normalized spacial score (nSPS) is 15.4. The highest BCUT2D eigenvalue weighted by Gasteiger charge is 2.31. The molecule has 0 amide bonds. The topological polar surface area (TPSA) is 48.1 Å². The molecule has 0 saturated carbocycles. The van der Waals surface area contributed by atoms with Crippen molar-refractivity contribution in [1.82, 2.24) is 4.98 Å². The lowest BCUT2D eigenvalue weighted by Crippen LogP contribution is -2.46. The van der Waals surface area contributed by atoms with E-state index in [0.29, 0.717) is 18.1 Å². The van der Waals surface area contributed by atoms with Crippen LogP contribution in [-0.4, -0.2) is 23.7 Å². The Morgan fingerprint density at radius 1 is 1.44 bits per heavy atom. The molecule has 1 rings (SSSR count). The van der Waals surface area contributed by atoms with Crippen molar-refractivity contribution < 1.29 is 4.74 Å². The van der Waals surface area contributed by atoms with Crippen molar-refractivity contribution in [3.63, 3.8) is 0 Å². The molecule has 0 aliphatic carbocycles. The molecular formula is C14H23ClN2O. The van der Waals surface area contributed by atoms with Crippen molar-refractivity contribution in [3.8, 4) is 0 Å². The number of aromatic nitrogens is 1. The van der Waals surface area contributed by atoms with Gasteiger partial charge in [-0.05, 0) is 30.4 Å². The summed E-state index contributed by atoms with van der Waals surface area (Å²) in [5, 5.41) is 0.664. The number of ether oxygens (including phenoxy) is 1. The van der Waals surface area contributed by atoms with E-state index in [1.54, 1.807) is 12.4 Å². The van der Waals surface area contributed by atoms with Gasteiger partial charge in [0.15, 0.2) is 0 Å². The summed E-state index contributed by atoms with van der Waals surface area (Å²) in [4.78, 5) is 3.98. The van der Waals surface area contributed by atoms with Crippen molar-refractivity contribution in [3.05, 3.63) is 29.0 Å². The number of halogens is 1. The van der Waals surface area contributed by atoms with Crippen LogP contribution in [0.4, 0.5) is 0 Å². The quantitative estimate of drug-likeness (QED) is 0.895. The molecule has 0 spiro atoms. The number of hydrogen-bond acceptors (Lipinski definition) is 3. The molecule has 0 aliphatic rings. The summed E-state index contributed by atoms with van der Waals surface area (Å²) in [7, 11) is 0. The molecule has 2 N–H and O–H groups in total. The first kappa shape index (κ1) is 15.4. The Bertz CT molecular complexity index is 376. The summed E-state index contributed by atoms with van der Waals surface area (Å²) >= 11 is 6.11. The van der Waals surface area contributed by atoms with Crippen molar-refractivity contribution in [1.29, 1.82) is 0 Å². The van der Waals surface area contributed by atoms with Gasteiger partial charge in [-0.2, -0.15) is 0 Å². The Morgan fingerprint density at radius 2 is 2.11 bits per heavy atom. The van der Waals surface area contributed by atoms with Gasteiger partial charge < -0.3 is 10.5 Å². The lowest BCUT2D eigenvalue weighted by molar-refractivity contribution is -0.0274. The van der Waals surface area contributed by atoms with E-state index in [0.717, 1.165) is 5.56 Å². The molecule has 2 atom stereocenters. The van der Waals surface area contributed by atoms with Crippen LogP contribution in [0.3, 0.4) is 0 Å². The molecular weight excluding hydrogens is 248 g/mol. The molecule has 0 fully saturated rings. The van der Waals surface area contributed by atoms with Crippen molar-refractivity contribution >= 4 is 11.6 Å². The van der Waals surface area contributed by atoms with E-state index >= 15 is 0 Å². The molecule has 2 unspecified atom stereocenters. The number of nitrogens with zero attached hydrogens (tertiary/aromatic N) is 1. The fourth-order valence-electron chi connectivity index (χ4n) is 2.13. The van der Waals surface area contributed by atoms with Gasteiger partial charge in [-0.25, -0.2) is 0 Å². The Labute approximate surface area is 115 Å². The number of rotatable bonds is 5. The van der Waals surface area contributed by atoms with E-state index in [4.69, 9.17) is 22.1 Å². The summed E-state index contributed by atoms with van der Waals surface area (Å²) in [5.74, 6) is 0. The SMILES string of the molecule is CCOC(C(N)Cc1ccncc1Cl)C(C)(C)C. The Hall–Kier alpha value is -0.640. The Kier molecular flexibility index (Phi) is 5.57. The highest BCUT2D eigenvalue weighted by Crippen LogP contribution is 2.27. The molecule has 0 radical (unpaired) electrons. The van der Waals surface area contributed by atoms with Crippen molar-refractivity contribution in [2.45, 2.75) is 46.3 Å². The third kappa shape index (κ3) is 4.23.